The van der Waals surface area contributed by atoms with Crippen LogP contribution in [0.15, 0.2) is 63.5 Å². The van der Waals surface area contributed by atoms with Gasteiger partial charge in [0.25, 0.3) is 5.56 Å². The molecule has 1 aliphatic rings. The van der Waals surface area contributed by atoms with Crippen LogP contribution in [0.1, 0.15) is 24.1 Å². The number of esters is 2. The van der Waals surface area contributed by atoms with Gasteiger partial charge in [0.2, 0.25) is 0 Å². The molecule has 0 saturated heterocycles. The Labute approximate surface area is 194 Å². The summed E-state index contributed by atoms with van der Waals surface area (Å²) in [6.45, 7) is 1.35. The van der Waals surface area contributed by atoms with Gasteiger partial charge in [0.05, 0.1) is 29.5 Å². The summed E-state index contributed by atoms with van der Waals surface area (Å²) in [5, 5.41) is 5.18. The predicted octanol–water partition coefficient (Wildman–Crippen LogP) is 0.512. The van der Waals surface area contributed by atoms with Gasteiger partial charge >= 0.3 is 23.7 Å². The lowest BCUT2D eigenvalue weighted by molar-refractivity contribution is -0.140. The topological polar surface area (TPSA) is 138 Å². The van der Waals surface area contributed by atoms with E-state index in [2.05, 4.69) is 10.6 Å². The number of ether oxygens (including phenoxy) is 2. The van der Waals surface area contributed by atoms with Gasteiger partial charge in [-0.3, -0.25) is 9.36 Å². The third-order valence-electron chi connectivity index (χ3n) is 5.01. The van der Waals surface area contributed by atoms with Crippen LogP contribution in [0.4, 0.5) is 4.79 Å². The fourth-order valence-electron chi connectivity index (χ4n) is 3.38. The molecule has 1 aromatic heterocycles. The first kappa shape index (κ1) is 24.2. The first-order valence-electron chi connectivity index (χ1n) is 10.4. The Morgan fingerprint density at radius 3 is 2.47 bits per heavy atom. The van der Waals surface area contributed by atoms with Crippen molar-refractivity contribution >= 4 is 24.0 Å². The molecule has 1 aromatic carbocycles. The Kier molecular flexibility index (Phi) is 7.46. The maximum atomic E-state index is 12.7. The molecule has 0 fully saturated rings. The molecular formula is C23H24N4O7. The van der Waals surface area contributed by atoms with Crippen molar-refractivity contribution < 1.29 is 23.9 Å². The average molecular weight is 468 g/mol. The summed E-state index contributed by atoms with van der Waals surface area (Å²) >= 11 is 0. The molecule has 1 aliphatic heterocycles. The van der Waals surface area contributed by atoms with E-state index in [1.54, 1.807) is 37.3 Å². The summed E-state index contributed by atoms with van der Waals surface area (Å²) in [5.41, 5.74) is -0.136. The molecule has 0 unspecified atom stereocenters. The predicted molar refractivity (Wildman–Crippen MR) is 121 cm³/mol. The fourth-order valence-corrected chi connectivity index (χ4v) is 3.38. The highest BCUT2D eigenvalue weighted by Gasteiger charge is 2.34. The van der Waals surface area contributed by atoms with Crippen LogP contribution in [0.3, 0.4) is 0 Å². The first-order chi connectivity index (χ1) is 16.2. The van der Waals surface area contributed by atoms with Crippen LogP contribution < -0.4 is 21.9 Å². The van der Waals surface area contributed by atoms with E-state index in [9.17, 15) is 24.0 Å². The number of aryl methyl sites for hydroxylation is 1. The minimum Gasteiger partial charge on any atom is -0.463 e. The summed E-state index contributed by atoms with van der Waals surface area (Å²) in [4.78, 5) is 61.2. The van der Waals surface area contributed by atoms with Crippen molar-refractivity contribution in [3.63, 3.8) is 0 Å². The maximum absolute atomic E-state index is 12.7. The molecule has 0 radical (unpaired) electrons. The lowest BCUT2D eigenvalue weighted by atomic mass is 9.95. The molecule has 2 N–H and O–H groups in total. The van der Waals surface area contributed by atoms with Gasteiger partial charge in [0.15, 0.2) is 0 Å². The molecule has 2 amide bonds. The number of amides is 2. The van der Waals surface area contributed by atoms with Gasteiger partial charge in [-0.2, -0.15) is 0 Å². The molecule has 3 rings (SSSR count). The van der Waals surface area contributed by atoms with E-state index >= 15 is 0 Å². The highest BCUT2D eigenvalue weighted by Crippen LogP contribution is 2.27. The largest absolute Gasteiger partial charge is 0.463 e. The number of hydrogen-bond donors (Lipinski definition) is 2. The summed E-state index contributed by atoms with van der Waals surface area (Å²) in [6, 6.07) is 7.45. The van der Waals surface area contributed by atoms with Gasteiger partial charge in [-0.05, 0) is 18.6 Å². The number of aromatic nitrogens is 2. The van der Waals surface area contributed by atoms with Crippen LogP contribution in [-0.4, -0.2) is 40.3 Å². The van der Waals surface area contributed by atoms with Crippen LogP contribution in [0, 0.1) is 0 Å². The summed E-state index contributed by atoms with van der Waals surface area (Å²) in [6.07, 6.45) is 3.54. The molecule has 11 heteroatoms. The molecule has 0 saturated carbocycles. The molecule has 34 heavy (non-hydrogen) atoms. The van der Waals surface area contributed by atoms with Crippen molar-refractivity contribution in [1.82, 2.24) is 19.8 Å². The third-order valence-corrected chi connectivity index (χ3v) is 5.01. The number of rotatable bonds is 7. The zero-order chi connectivity index (χ0) is 24.8. The average Bonchev–Trinajstić information content (AvgIpc) is 2.83. The molecule has 11 nitrogen and oxygen atoms in total. The number of carbonyl (C=O) groups excluding carboxylic acids is 3. The van der Waals surface area contributed by atoms with Gasteiger partial charge in [-0.1, -0.05) is 30.3 Å². The van der Waals surface area contributed by atoms with E-state index in [1.807, 2.05) is 0 Å². The smallest absolute Gasteiger partial charge is 0.338 e. The number of nitrogens with one attached hydrogen (secondary N) is 2. The Hall–Kier alpha value is -4.41. The number of urea groups is 1. The van der Waals surface area contributed by atoms with E-state index in [1.165, 1.54) is 30.9 Å². The quantitative estimate of drug-likeness (QED) is 0.446. The van der Waals surface area contributed by atoms with E-state index < -0.39 is 41.9 Å². The minimum absolute atomic E-state index is 0.0795. The number of hydrogen-bond acceptors (Lipinski definition) is 7. The van der Waals surface area contributed by atoms with Crippen molar-refractivity contribution in [2.24, 2.45) is 14.1 Å². The van der Waals surface area contributed by atoms with Crippen LogP contribution in [0.5, 0.6) is 0 Å². The van der Waals surface area contributed by atoms with Gasteiger partial charge in [0, 0.05) is 26.4 Å². The van der Waals surface area contributed by atoms with E-state index in [0.717, 1.165) is 10.6 Å². The number of benzene rings is 1. The Balaban J connectivity index is 1.85. The second-order valence-corrected chi connectivity index (χ2v) is 7.34. The van der Waals surface area contributed by atoms with E-state index in [4.69, 9.17) is 9.47 Å². The first-order valence-corrected chi connectivity index (χ1v) is 10.4. The number of carbonyl (C=O) groups is 3. The number of nitrogens with zero attached hydrogens (tertiary/aromatic N) is 2. The molecule has 1 atom stereocenters. The van der Waals surface area contributed by atoms with Crippen LogP contribution in [0.25, 0.3) is 6.08 Å². The molecule has 2 heterocycles. The Morgan fingerprint density at radius 2 is 1.79 bits per heavy atom. The Morgan fingerprint density at radius 1 is 1.09 bits per heavy atom. The van der Waals surface area contributed by atoms with Gasteiger partial charge in [-0.25, -0.2) is 19.2 Å². The van der Waals surface area contributed by atoms with Gasteiger partial charge in [0.1, 0.15) is 6.61 Å². The second kappa shape index (κ2) is 10.5. The van der Waals surface area contributed by atoms with Crippen molar-refractivity contribution in [2.75, 3.05) is 13.2 Å². The van der Waals surface area contributed by atoms with Crippen molar-refractivity contribution in [2.45, 2.75) is 13.0 Å². The minimum atomic E-state index is -0.823. The molecule has 0 spiro atoms. The molecule has 2 aromatic rings. The standard InChI is InChI=1S/C23H24N4O7/c1-4-33-21(30)18-16(24-22(31)25-19(18)14-8-6-5-7-9-14)13-34-17(28)11-10-15-12-26(2)23(32)27(3)20(15)29/h5-12,19H,4,13H2,1-3H3,(H2,24,25,31)/b11-10+/t19-/m1/s1. The fraction of sp³-hybridized carbons (Fsp3) is 0.261. The normalized spacial score (nSPS) is 15.6. The SMILES string of the molecule is CCOC(=O)C1=C(COC(=O)/C=C/c2cn(C)c(=O)n(C)c2=O)NC(=O)N[C@@H]1c1ccccc1. The highest BCUT2D eigenvalue weighted by atomic mass is 16.5. The van der Waals surface area contributed by atoms with Crippen LogP contribution in [-0.2, 0) is 33.2 Å². The zero-order valence-corrected chi connectivity index (χ0v) is 18.9. The lowest BCUT2D eigenvalue weighted by Crippen LogP contribution is -2.47. The van der Waals surface area contributed by atoms with Crippen molar-refractivity contribution in [3.05, 3.63) is 85.8 Å². The van der Waals surface area contributed by atoms with E-state index in [-0.39, 0.29) is 23.4 Å². The van der Waals surface area contributed by atoms with Crippen molar-refractivity contribution in [3.8, 4) is 0 Å². The molecule has 0 aliphatic carbocycles. The second-order valence-electron chi connectivity index (χ2n) is 7.34. The third kappa shape index (κ3) is 5.31. The lowest BCUT2D eigenvalue weighted by Gasteiger charge is -2.29. The Bertz CT molecular complexity index is 1290. The summed E-state index contributed by atoms with van der Waals surface area (Å²) in [5.74, 6) is -1.49. The summed E-state index contributed by atoms with van der Waals surface area (Å²) in [7, 11) is 2.80. The van der Waals surface area contributed by atoms with Crippen LogP contribution >= 0.6 is 0 Å². The van der Waals surface area contributed by atoms with Gasteiger partial charge < -0.3 is 24.7 Å². The molecule has 0 bridgehead atoms. The maximum Gasteiger partial charge on any atom is 0.338 e. The van der Waals surface area contributed by atoms with Crippen molar-refractivity contribution in [1.29, 1.82) is 0 Å². The highest BCUT2D eigenvalue weighted by molar-refractivity contribution is 5.95. The molecule has 178 valence electrons. The monoisotopic (exact) mass is 468 g/mol. The zero-order valence-electron chi connectivity index (χ0n) is 18.9. The van der Waals surface area contributed by atoms with Crippen LogP contribution in [0.2, 0.25) is 0 Å². The van der Waals surface area contributed by atoms with E-state index in [0.29, 0.717) is 5.56 Å². The molecular weight excluding hydrogens is 444 g/mol. The van der Waals surface area contributed by atoms with Gasteiger partial charge in [-0.15, -0.1) is 0 Å². The summed E-state index contributed by atoms with van der Waals surface area (Å²) < 4.78 is 12.5.